The quantitative estimate of drug-likeness (QED) is 0.450. The SMILES string of the molecule is Cc1c(Cc2c(CN3CCC(S(C)(=O)=O)CC3)nc3c(C)cc(N4CCOCC4)nn23)cccc1C(F)(F)F. The molecule has 39 heavy (non-hydrogen) atoms. The molecule has 0 bridgehead atoms. The second kappa shape index (κ2) is 10.7. The molecule has 4 heterocycles. The number of alkyl halides is 3. The zero-order valence-electron chi connectivity index (χ0n) is 22.5. The van der Waals surface area contributed by atoms with Crippen LogP contribution in [0.5, 0.6) is 0 Å². The maximum absolute atomic E-state index is 13.7. The summed E-state index contributed by atoms with van der Waals surface area (Å²) in [5.74, 6) is 0.781. The Labute approximate surface area is 226 Å². The molecule has 3 aromatic rings. The number of aromatic nitrogens is 3. The highest BCUT2D eigenvalue weighted by Gasteiger charge is 2.33. The van der Waals surface area contributed by atoms with Crippen LogP contribution in [0.15, 0.2) is 24.3 Å². The number of hydrogen-bond acceptors (Lipinski definition) is 7. The van der Waals surface area contributed by atoms with Gasteiger partial charge in [-0.05, 0) is 68.6 Å². The first-order valence-electron chi connectivity index (χ1n) is 13.2. The Morgan fingerprint density at radius 3 is 2.41 bits per heavy atom. The van der Waals surface area contributed by atoms with Crippen LogP contribution >= 0.6 is 0 Å². The minimum absolute atomic E-state index is 0.195. The van der Waals surface area contributed by atoms with E-state index in [1.165, 1.54) is 19.2 Å². The number of morpholine rings is 1. The van der Waals surface area contributed by atoms with Gasteiger partial charge in [-0.2, -0.15) is 13.2 Å². The summed E-state index contributed by atoms with van der Waals surface area (Å²) < 4.78 is 72.4. The largest absolute Gasteiger partial charge is 0.416 e. The summed E-state index contributed by atoms with van der Waals surface area (Å²) in [5.41, 5.74) is 3.22. The van der Waals surface area contributed by atoms with Gasteiger partial charge in [-0.3, -0.25) is 4.90 Å². The van der Waals surface area contributed by atoms with Crippen molar-refractivity contribution in [2.45, 2.75) is 51.1 Å². The van der Waals surface area contributed by atoms with Crippen LogP contribution in [0, 0.1) is 13.8 Å². The van der Waals surface area contributed by atoms with Crippen LogP contribution in [0.4, 0.5) is 19.0 Å². The maximum Gasteiger partial charge on any atom is 0.416 e. The van der Waals surface area contributed by atoms with Gasteiger partial charge in [0.25, 0.3) is 0 Å². The first kappa shape index (κ1) is 27.9. The van der Waals surface area contributed by atoms with Crippen LogP contribution < -0.4 is 4.90 Å². The van der Waals surface area contributed by atoms with Crippen LogP contribution in [0.1, 0.15) is 46.5 Å². The molecule has 2 saturated heterocycles. The Balaban J connectivity index is 1.54. The van der Waals surface area contributed by atoms with Crippen molar-refractivity contribution in [1.29, 1.82) is 0 Å². The average molecular weight is 566 g/mol. The molecule has 0 saturated carbocycles. The molecule has 0 aliphatic carbocycles. The summed E-state index contributed by atoms with van der Waals surface area (Å²) in [5, 5.41) is 4.57. The highest BCUT2D eigenvalue weighted by Crippen LogP contribution is 2.34. The number of rotatable bonds is 6. The first-order valence-corrected chi connectivity index (χ1v) is 15.1. The number of piperidine rings is 1. The monoisotopic (exact) mass is 565 g/mol. The van der Waals surface area contributed by atoms with Crippen molar-refractivity contribution in [1.82, 2.24) is 19.5 Å². The van der Waals surface area contributed by atoms with Gasteiger partial charge in [-0.1, -0.05) is 12.1 Å². The number of likely N-dealkylation sites (tertiary alicyclic amines) is 1. The molecule has 2 fully saturated rings. The van der Waals surface area contributed by atoms with Gasteiger partial charge < -0.3 is 9.64 Å². The number of nitrogens with zero attached hydrogens (tertiary/aromatic N) is 5. The number of sulfone groups is 1. The van der Waals surface area contributed by atoms with E-state index in [0.717, 1.165) is 28.8 Å². The summed E-state index contributed by atoms with van der Waals surface area (Å²) in [4.78, 5) is 9.25. The van der Waals surface area contributed by atoms with Gasteiger partial charge in [-0.15, -0.1) is 5.10 Å². The minimum Gasteiger partial charge on any atom is -0.378 e. The number of benzene rings is 1. The molecular formula is C27H34F3N5O3S. The summed E-state index contributed by atoms with van der Waals surface area (Å²) in [6, 6.07) is 6.28. The van der Waals surface area contributed by atoms with E-state index in [9.17, 15) is 21.6 Å². The molecule has 0 spiro atoms. The van der Waals surface area contributed by atoms with E-state index in [1.54, 1.807) is 10.6 Å². The topological polar surface area (TPSA) is 80.0 Å². The van der Waals surface area contributed by atoms with E-state index >= 15 is 0 Å². The smallest absolute Gasteiger partial charge is 0.378 e. The van der Waals surface area contributed by atoms with Crippen molar-refractivity contribution < 1.29 is 26.3 Å². The molecule has 2 aromatic heterocycles. The van der Waals surface area contributed by atoms with Crippen molar-refractivity contribution in [3.63, 3.8) is 0 Å². The lowest BCUT2D eigenvalue weighted by Crippen LogP contribution is -2.38. The van der Waals surface area contributed by atoms with E-state index in [-0.39, 0.29) is 17.2 Å². The average Bonchev–Trinajstić information content (AvgIpc) is 3.22. The van der Waals surface area contributed by atoms with Crippen molar-refractivity contribution in [2.75, 3.05) is 50.5 Å². The molecule has 0 radical (unpaired) electrons. The molecule has 1 aromatic carbocycles. The van der Waals surface area contributed by atoms with E-state index < -0.39 is 21.6 Å². The second-order valence-electron chi connectivity index (χ2n) is 10.6. The fourth-order valence-electron chi connectivity index (χ4n) is 5.56. The van der Waals surface area contributed by atoms with Crippen LogP contribution in [0.3, 0.4) is 0 Å². The Morgan fingerprint density at radius 1 is 1.08 bits per heavy atom. The molecule has 2 aliphatic heterocycles. The zero-order chi connectivity index (χ0) is 27.9. The molecule has 5 rings (SSSR count). The number of ether oxygens (including phenoxy) is 1. The zero-order valence-corrected chi connectivity index (χ0v) is 23.3. The highest BCUT2D eigenvalue weighted by molar-refractivity contribution is 7.91. The van der Waals surface area contributed by atoms with Gasteiger partial charge in [0.15, 0.2) is 5.65 Å². The predicted octanol–water partition coefficient (Wildman–Crippen LogP) is 3.80. The molecule has 212 valence electrons. The maximum atomic E-state index is 13.7. The van der Waals surface area contributed by atoms with Gasteiger partial charge in [0.05, 0.1) is 35.4 Å². The van der Waals surface area contributed by atoms with E-state index in [1.807, 2.05) is 13.0 Å². The molecule has 12 heteroatoms. The van der Waals surface area contributed by atoms with Gasteiger partial charge >= 0.3 is 6.18 Å². The third-order valence-electron chi connectivity index (χ3n) is 7.89. The molecular weight excluding hydrogens is 531 g/mol. The predicted molar refractivity (Wildman–Crippen MR) is 143 cm³/mol. The molecule has 0 atom stereocenters. The lowest BCUT2D eigenvalue weighted by molar-refractivity contribution is -0.138. The summed E-state index contributed by atoms with van der Waals surface area (Å²) >= 11 is 0. The van der Waals surface area contributed by atoms with Gasteiger partial charge in [0.2, 0.25) is 0 Å². The van der Waals surface area contributed by atoms with Gasteiger partial charge in [0.1, 0.15) is 15.7 Å². The molecule has 0 unspecified atom stereocenters. The Bertz CT molecular complexity index is 1460. The van der Waals surface area contributed by atoms with Gasteiger partial charge in [0, 0.05) is 32.3 Å². The number of hydrogen-bond donors (Lipinski definition) is 0. The van der Waals surface area contributed by atoms with Crippen LogP contribution in [-0.2, 0) is 33.7 Å². The third-order valence-corrected chi connectivity index (χ3v) is 9.57. The Kier molecular flexibility index (Phi) is 7.64. The van der Waals surface area contributed by atoms with Crippen molar-refractivity contribution in [2.24, 2.45) is 0 Å². The highest BCUT2D eigenvalue weighted by atomic mass is 32.2. The lowest BCUT2D eigenvalue weighted by atomic mass is 9.97. The standard InChI is InChI=1S/C27H34F3N5O3S/c1-18-15-25(34-11-13-38-14-12-34)32-35-24(16-20-5-4-6-22(19(20)2)27(28,29)30)23(31-26(18)35)17-33-9-7-21(8-10-33)39(3,36)37/h4-6,15,21H,7-14,16-17H2,1-3H3. The van der Waals surface area contributed by atoms with E-state index in [2.05, 4.69) is 9.80 Å². The Hall–Kier alpha value is -2.70. The first-order chi connectivity index (χ1) is 18.4. The fraction of sp³-hybridized carbons (Fsp3) is 0.556. The lowest BCUT2D eigenvalue weighted by Gasteiger charge is -2.30. The Morgan fingerprint density at radius 2 is 1.77 bits per heavy atom. The van der Waals surface area contributed by atoms with Crippen molar-refractivity contribution in [3.05, 3.63) is 57.9 Å². The van der Waals surface area contributed by atoms with Crippen LogP contribution in [0.2, 0.25) is 0 Å². The summed E-state index contributed by atoms with van der Waals surface area (Å²) in [6.45, 7) is 7.79. The molecule has 2 aliphatic rings. The van der Waals surface area contributed by atoms with Crippen LogP contribution in [-0.4, -0.2) is 78.8 Å². The van der Waals surface area contributed by atoms with Crippen LogP contribution in [0.25, 0.3) is 5.65 Å². The van der Waals surface area contributed by atoms with E-state index in [0.29, 0.717) is 70.0 Å². The summed E-state index contributed by atoms with van der Waals surface area (Å²) in [7, 11) is -3.10. The third kappa shape index (κ3) is 5.92. The van der Waals surface area contributed by atoms with Gasteiger partial charge in [-0.25, -0.2) is 17.9 Å². The number of imidazole rings is 1. The number of fused-ring (bicyclic) bond motifs is 1. The van der Waals surface area contributed by atoms with Crippen molar-refractivity contribution >= 4 is 21.3 Å². The molecule has 0 N–H and O–H groups in total. The number of aryl methyl sites for hydroxylation is 1. The van der Waals surface area contributed by atoms with Crippen molar-refractivity contribution in [3.8, 4) is 0 Å². The number of halogens is 3. The van der Waals surface area contributed by atoms with E-state index in [4.69, 9.17) is 14.8 Å². The molecule has 8 nitrogen and oxygen atoms in total. The fourth-order valence-corrected chi connectivity index (χ4v) is 6.63. The number of anilines is 1. The molecule has 0 amide bonds. The normalized spacial score (nSPS) is 18.3. The summed E-state index contributed by atoms with van der Waals surface area (Å²) in [6.07, 6.45) is -1.82. The second-order valence-corrected chi connectivity index (χ2v) is 12.9. The minimum atomic E-state index is -4.44.